The number of nitrogens with one attached hydrogen (secondary N) is 1. The zero-order chi connectivity index (χ0) is 28.2. The van der Waals surface area contributed by atoms with Gasteiger partial charge < -0.3 is 19.5 Å². The van der Waals surface area contributed by atoms with Crippen LogP contribution in [0.4, 0.5) is 18.0 Å². The molecular formula is C28H30F3N5O3S. The smallest absolute Gasteiger partial charge is 0.318 e. The van der Waals surface area contributed by atoms with Gasteiger partial charge in [-0.05, 0) is 42.0 Å². The van der Waals surface area contributed by atoms with E-state index < -0.39 is 18.1 Å². The molecule has 3 heterocycles. The first-order chi connectivity index (χ1) is 19.3. The third kappa shape index (κ3) is 6.27. The zero-order valence-electron chi connectivity index (χ0n) is 22.0. The first-order valence-corrected chi connectivity index (χ1v) is 14.3. The monoisotopic (exact) mass is 573 g/mol. The Morgan fingerprint density at radius 3 is 2.45 bits per heavy atom. The van der Waals surface area contributed by atoms with Crippen LogP contribution in [0, 0.1) is 5.82 Å². The van der Waals surface area contributed by atoms with Gasteiger partial charge in [-0.15, -0.1) is 10.2 Å². The van der Waals surface area contributed by atoms with Gasteiger partial charge >= 0.3 is 12.5 Å². The lowest BCUT2D eigenvalue weighted by Gasteiger charge is -2.36. The van der Waals surface area contributed by atoms with Crippen molar-refractivity contribution in [2.75, 3.05) is 31.1 Å². The molecule has 40 heavy (non-hydrogen) atoms. The minimum absolute atomic E-state index is 0.0364. The largest absolute Gasteiger partial charge is 0.415 e. The number of amides is 3. The van der Waals surface area contributed by atoms with Gasteiger partial charge in [0.05, 0.1) is 6.04 Å². The zero-order valence-corrected chi connectivity index (χ0v) is 22.8. The number of aromatic nitrogens is 2. The summed E-state index contributed by atoms with van der Waals surface area (Å²) in [6, 6.07) is 12.1. The van der Waals surface area contributed by atoms with E-state index in [1.54, 1.807) is 23.6 Å². The van der Waals surface area contributed by atoms with Gasteiger partial charge in [-0.1, -0.05) is 30.3 Å². The molecule has 8 nitrogen and oxygen atoms in total. The molecule has 12 heteroatoms. The maximum Gasteiger partial charge on any atom is 0.318 e. The van der Waals surface area contributed by atoms with Crippen molar-refractivity contribution in [1.29, 1.82) is 0 Å². The molecule has 1 atom stereocenters. The topological polar surface area (TPSA) is 91.6 Å². The Balaban J connectivity index is 1.20. The quantitative estimate of drug-likeness (QED) is 0.417. The van der Waals surface area contributed by atoms with Crippen molar-refractivity contribution in [2.45, 2.75) is 44.7 Å². The average molecular weight is 574 g/mol. The molecule has 3 aromatic rings. The molecule has 0 spiro atoms. The van der Waals surface area contributed by atoms with Gasteiger partial charge in [0.25, 0.3) is 5.89 Å². The number of hydrogen-bond donors (Lipinski definition) is 1. The summed E-state index contributed by atoms with van der Waals surface area (Å²) in [4.78, 5) is 28.5. The summed E-state index contributed by atoms with van der Waals surface area (Å²) in [6.07, 6.45) is -1.03. The highest BCUT2D eigenvalue weighted by molar-refractivity contribution is 7.99. The number of thioether (sulfide) groups is 1. The summed E-state index contributed by atoms with van der Waals surface area (Å²) in [5.41, 5.74) is 2.71. The van der Waals surface area contributed by atoms with Crippen molar-refractivity contribution in [3.63, 3.8) is 0 Å². The van der Waals surface area contributed by atoms with Gasteiger partial charge in [0.1, 0.15) is 5.82 Å². The molecule has 212 valence electrons. The lowest BCUT2D eigenvalue weighted by Crippen LogP contribution is -2.46. The van der Waals surface area contributed by atoms with Crippen molar-refractivity contribution in [3.05, 3.63) is 70.9 Å². The normalized spacial score (nSPS) is 18.3. The molecule has 3 amide bonds. The summed E-state index contributed by atoms with van der Waals surface area (Å²) in [5, 5.41) is 9.61. The van der Waals surface area contributed by atoms with Gasteiger partial charge in [-0.3, -0.25) is 4.79 Å². The summed E-state index contributed by atoms with van der Waals surface area (Å²) < 4.78 is 45.1. The molecule has 0 bridgehead atoms. The highest BCUT2D eigenvalue weighted by atomic mass is 32.2. The summed E-state index contributed by atoms with van der Waals surface area (Å²) in [5.74, 6) is 0.456. The number of rotatable bonds is 6. The number of carbonyl (C=O) groups is 2. The Hall–Kier alpha value is -3.54. The second kappa shape index (κ2) is 12.3. The predicted molar refractivity (Wildman–Crippen MR) is 144 cm³/mol. The molecule has 0 radical (unpaired) electrons. The molecule has 0 saturated carbocycles. The second-order valence-electron chi connectivity index (χ2n) is 9.94. The fourth-order valence-corrected chi connectivity index (χ4v) is 6.26. The maximum atomic E-state index is 14.8. The molecule has 2 fully saturated rings. The minimum Gasteiger partial charge on any atom is -0.415 e. The fourth-order valence-electron chi connectivity index (χ4n) is 5.18. The number of hydrogen-bond acceptors (Lipinski definition) is 6. The van der Waals surface area contributed by atoms with Crippen LogP contribution in [0.15, 0.2) is 46.9 Å². The fraction of sp³-hybridized carbons (Fsp3) is 0.429. The van der Waals surface area contributed by atoms with Crippen molar-refractivity contribution < 1.29 is 27.2 Å². The first kappa shape index (κ1) is 28.0. The van der Waals surface area contributed by atoms with Gasteiger partial charge in [0, 0.05) is 55.7 Å². The number of piperidine rings is 1. The maximum absolute atomic E-state index is 14.8. The van der Waals surface area contributed by atoms with Crippen LogP contribution >= 0.6 is 11.8 Å². The molecule has 1 aromatic heterocycles. The van der Waals surface area contributed by atoms with Crippen LogP contribution in [0.5, 0.6) is 0 Å². The number of halogens is 3. The molecule has 2 aromatic carbocycles. The number of alkyl halides is 2. The summed E-state index contributed by atoms with van der Waals surface area (Å²) in [7, 11) is 0. The number of likely N-dealkylation sites (tertiary alicyclic amines) is 1. The van der Waals surface area contributed by atoms with Crippen molar-refractivity contribution in [2.24, 2.45) is 0 Å². The van der Waals surface area contributed by atoms with Crippen LogP contribution in [0.2, 0.25) is 0 Å². The van der Waals surface area contributed by atoms with E-state index in [1.165, 1.54) is 17.7 Å². The van der Waals surface area contributed by atoms with E-state index in [9.17, 15) is 22.8 Å². The van der Waals surface area contributed by atoms with Gasteiger partial charge in [0.2, 0.25) is 11.8 Å². The molecule has 2 aliphatic rings. The van der Waals surface area contributed by atoms with Crippen molar-refractivity contribution in [3.8, 4) is 11.5 Å². The van der Waals surface area contributed by atoms with E-state index in [4.69, 9.17) is 4.42 Å². The van der Waals surface area contributed by atoms with Gasteiger partial charge in [-0.2, -0.15) is 20.5 Å². The lowest BCUT2D eigenvalue weighted by molar-refractivity contribution is -0.129. The molecule has 2 saturated heterocycles. The Kier molecular flexibility index (Phi) is 8.63. The standard InChI is InChI=1S/C28H30F3N5O3S/c1-17(37)35-10-8-19(9-11-35)18-2-4-20(5-3-18)24-16-40-13-12-36(24)28(38)32-15-22-7-6-21(14-23(22)29)26-33-34-27(39-26)25(30)31/h2-7,14,19,24-25H,8-13,15-16H2,1H3,(H,32,38). The average Bonchev–Trinajstić information content (AvgIpc) is 3.48. The summed E-state index contributed by atoms with van der Waals surface area (Å²) in [6.45, 7) is 3.69. The highest BCUT2D eigenvalue weighted by Gasteiger charge is 2.29. The molecule has 0 aliphatic carbocycles. The predicted octanol–water partition coefficient (Wildman–Crippen LogP) is 5.54. The Morgan fingerprint density at radius 1 is 1.07 bits per heavy atom. The molecule has 2 aliphatic heterocycles. The third-order valence-corrected chi connectivity index (χ3v) is 8.50. The molecule has 1 unspecified atom stereocenters. The van der Waals surface area contributed by atoms with Gasteiger partial charge in [0.15, 0.2) is 0 Å². The van der Waals surface area contributed by atoms with E-state index in [1.807, 2.05) is 4.90 Å². The summed E-state index contributed by atoms with van der Waals surface area (Å²) >= 11 is 1.79. The number of benzene rings is 2. The Morgan fingerprint density at radius 2 is 1.80 bits per heavy atom. The number of urea groups is 1. The van der Waals surface area contributed by atoms with Crippen LogP contribution in [0.3, 0.4) is 0 Å². The second-order valence-corrected chi connectivity index (χ2v) is 11.1. The Labute approximate surface area is 234 Å². The van der Waals surface area contributed by atoms with Crippen LogP contribution in [0.25, 0.3) is 11.5 Å². The van der Waals surface area contributed by atoms with Gasteiger partial charge in [-0.25, -0.2) is 9.18 Å². The van der Waals surface area contributed by atoms with Crippen LogP contribution in [-0.4, -0.2) is 63.1 Å². The van der Waals surface area contributed by atoms with Crippen molar-refractivity contribution >= 4 is 23.7 Å². The minimum atomic E-state index is -2.91. The third-order valence-electron chi connectivity index (χ3n) is 7.48. The van der Waals surface area contributed by atoms with E-state index in [2.05, 4.69) is 39.8 Å². The lowest BCUT2D eigenvalue weighted by atomic mass is 9.88. The van der Waals surface area contributed by atoms with E-state index in [-0.39, 0.29) is 41.5 Å². The van der Waals surface area contributed by atoms with Crippen LogP contribution in [0.1, 0.15) is 60.7 Å². The van der Waals surface area contributed by atoms with E-state index in [0.717, 1.165) is 49.1 Å². The van der Waals surface area contributed by atoms with Crippen LogP contribution in [-0.2, 0) is 11.3 Å². The highest BCUT2D eigenvalue weighted by Crippen LogP contribution is 2.33. The van der Waals surface area contributed by atoms with Crippen LogP contribution < -0.4 is 5.32 Å². The molecular weight excluding hydrogens is 543 g/mol. The van der Waals surface area contributed by atoms with E-state index in [0.29, 0.717) is 12.5 Å². The first-order valence-electron chi connectivity index (χ1n) is 13.2. The van der Waals surface area contributed by atoms with E-state index >= 15 is 0 Å². The molecule has 5 rings (SSSR count). The SMILES string of the molecule is CC(=O)N1CCC(c2ccc(C3CSCCN3C(=O)NCc3ccc(-c4nnc(C(F)F)o4)cc3F)cc2)CC1. The van der Waals surface area contributed by atoms with Crippen molar-refractivity contribution in [1.82, 2.24) is 25.3 Å². The molecule has 1 N–H and O–H groups in total. The number of carbonyl (C=O) groups excluding carboxylic acids is 2. The Bertz CT molecular complexity index is 1350. The number of nitrogens with zero attached hydrogens (tertiary/aromatic N) is 4.